The van der Waals surface area contributed by atoms with Gasteiger partial charge in [0.25, 0.3) is 0 Å². The largest absolute Gasteiger partial charge is 0.496 e. The summed E-state index contributed by atoms with van der Waals surface area (Å²) >= 11 is 6.74. The van der Waals surface area contributed by atoms with E-state index < -0.39 is 0 Å². The first kappa shape index (κ1) is 26.4. The third kappa shape index (κ3) is 5.24. The molecule has 1 unspecified atom stereocenters. The summed E-state index contributed by atoms with van der Waals surface area (Å²) in [4.78, 5) is 22.0. The number of halogens is 1. The summed E-state index contributed by atoms with van der Waals surface area (Å²) in [6, 6.07) is 1.89. The minimum atomic E-state index is -0.245. The normalized spacial score (nSPS) is 14.9. The van der Waals surface area contributed by atoms with Crippen LogP contribution in [0.15, 0.2) is 24.8 Å². The van der Waals surface area contributed by atoms with E-state index in [1.54, 1.807) is 21.0 Å². The Bertz CT molecular complexity index is 1330. The summed E-state index contributed by atoms with van der Waals surface area (Å²) in [7, 11) is 1.65. The van der Waals surface area contributed by atoms with Crippen molar-refractivity contribution in [2.24, 2.45) is 0 Å². The van der Waals surface area contributed by atoms with Crippen LogP contribution in [0.25, 0.3) is 11.1 Å². The van der Waals surface area contributed by atoms with E-state index in [1.807, 2.05) is 41.9 Å². The van der Waals surface area contributed by atoms with Gasteiger partial charge in [0.15, 0.2) is 5.71 Å². The highest BCUT2D eigenvalue weighted by Crippen LogP contribution is 2.43. The number of anilines is 2. The number of benzene rings is 1. The number of carbonyl (C=O) groups is 1. The quantitative estimate of drug-likeness (QED) is 0.403. The molecule has 0 bridgehead atoms. The first-order valence-corrected chi connectivity index (χ1v) is 12.6. The first-order chi connectivity index (χ1) is 17.6. The van der Waals surface area contributed by atoms with Gasteiger partial charge in [0.2, 0.25) is 5.91 Å². The molecule has 4 rings (SSSR count). The van der Waals surface area contributed by atoms with E-state index in [2.05, 4.69) is 20.4 Å². The van der Waals surface area contributed by atoms with Gasteiger partial charge in [0.1, 0.15) is 29.3 Å². The van der Waals surface area contributed by atoms with Crippen LogP contribution in [-0.2, 0) is 4.79 Å². The van der Waals surface area contributed by atoms with E-state index in [9.17, 15) is 4.79 Å². The number of methoxy groups -OCH3 is 1. The van der Waals surface area contributed by atoms with Gasteiger partial charge in [-0.1, -0.05) is 11.6 Å². The van der Waals surface area contributed by atoms with Gasteiger partial charge in [0.05, 0.1) is 25.4 Å². The molecule has 0 spiro atoms. The molecule has 5 N–H and O–H groups in total. The van der Waals surface area contributed by atoms with Crippen LogP contribution in [0.2, 0.25) is 5.02 Å². The number of hydrogen-bond acceptors (Lipinski definition) is 7. The Hall–Kier alpha value is -3.66. The van der Waals surface area contributed by atoms with Crippen LogP contribution in [0.1, 0.15) is 62.4 Å². The molecule has 11 heteroatoms. The summed E-state index contributed by atoms with van der Waals surface area (Å²) in [5, 5.41) is 14.7. The van der Waals surface area contributed by atoms with Crippen molar-refractivity contribution in [1.29, 1.82) is 0 Å². The fourth-order valence-electron chi connectivity index (χ4n) is 4.93. The predicted molar refractivity (Wildman–Crippen MR) is 145 cm³/mol. The standard InChI is InChI=1S/C26H33ClN8O2/c1-14-21(27)10-20(16(3)33-26-23(15(2)28)25(29)30-13-31-26)24(37-5)22(14)18-11-32-35(12-18)19-6-8-34(9-7-19)17(4)36/h10-13,16,19,28H,6-9H2,1-5H3,(H3,29,30,31,33)/p+1. The van der Waals surface area contributed by atoms with Crippen LogP contribution in [0.3, 0.4) is 0 Å². The monoisotopic (exact) mass is 525 g/mol. The third-order valence-corrected chi connectivity index (χ3v) is 7.37. The SMILES string of the molecule is COc1c(C(C)Nc2ncnc(N)c2C(C)=[NH2+])cc(Cl)c(C)c1-c1cnn(C2CCN(C(C)=O)CC2)c1. The van der Waals surface area contributed by atoms with Crippen molar-refractivity contribution in [2.45, 2.75) is 52.6 Å². The highest BCUT2D eigenvalue weighted by atomic mass is 35.5. The zero-order valence-corrected chi connectivity index (χ0v) is 22.6. The van der Waals surface area contributed by atoms with E-state index in [4.69, 9.17) is 27.5 Å². The van der Waals surface area contributed by atoms with Crippen molar-refractivity contribution in [3.63, 3.8) is 0 Å². The number of carbonyl (C=O) groups excluding carboxylic acids is 1. The van der Waals surface area contributed by atoms with Crippen molar-refractivity contribution in [3.05, 3.63) is 46.5 Å². The molecule has 0 saturated carbocycles. The molecule has 196 valence electrons. The zero-order valence-electron chi connectivity index (χ0n) is 21.9. The maximum absolute atomic E-state index is 11.7. The Morgan fingerprint density at radius 3 is 2.62 bits per heavy atom. The summed E-state index contributed by atoms with van der Waals surface area (Å²) in [5.41, 5.74) is 10.7. The summed E-state index contributed by atoms with van der Waals surface area (Å²) in [6.45, 7) is 8.81. The number of aromatic nitrogens is 4. The number of nitrogen functional groups attached to an aromatic ring is 1. The van der Waals surface area contributed by atoms with Gasteiger partial charge in [-0.2, -0.15) is 5.10 Å². The second kappa shape index (κ2) is 10.8. The number of nitrogens with one attached hydrogen (secondary N) is 1. The Labute approximate surface area is 221 Å². The van der Waals surface area contributed by atoms with Crippen LogP contribution in [0.5, 0.6) is 5.75 Å². The van der Waals surface area contributed by atoms with Gasteiger partial charge in [-0.3, -0.25) is 14.9 Å². The summed E-state index contributed by atoms with van der Waals surface area (Å²) in [6.07, 6.45) is 7.00. The van der Waals surface area contributed by atoms with Crippen LogP contribution >= 0.6 is 11.6 Å². The fraction of sp³-hybridized carbons (Fsp3) is 0.423. The molecular weight excluding hydrogens is 492 g/mol. The fourth-order valence-corrected chi connectivity index (χ4v) is 5.14. The van der Waals surface area contributed by atoms with Crippen LogP contribution in [0.4, 0.5) is 11.6 Å². The molecule has 0 aliphatic carbocycles. The molecule has 0 radical (unpaired) electrons. The minimum Gasteiger partial charge on any atom is -0.496 e. The molecule has 3 heterocycles. The Kier molecular flexibility index (Phi) is 7.68. The summed E-state index contributed by atoms with van der Waals surface area (Å²) < 4.78 is 7.94. The topological polar surface area (TPSA) is 137 Å². The number of hydrogen-bond donors (Lipinski definition) is 3. The Morgan fingerprint density at radius 1 is 1.30 bits per heavy atom. The third-order valence-electron chi connectivity index (χ3n) is 6.97. The van der Waals surface area contributed by atoms with E-state index in [0.717, 1.165) is 48.2 Å². The van der Waals surface area contributed by atoms with Crippen molar-refractivity contribution in [2.75, 3.05) is 31.2 Å². The minimum absolute atomic E-state index is 0.116. The van der Waals surface area contributed by atoms with E-state index in [0.29, 0.717) is 33.7 Å². The second-order valence-corrected chi connectivity index (χ2v) is 9.87. The Morgan fingerprint density at radius 2 is 2.00 bits per heavy atom. The molecular formula is C26H34ClN8O2+. The van der Waals surface area contributed by atoms with Gasteiger partial charge >= 0.3 is 0 Å². The van der Waals surface area contributed by atoms with Crippen LogP contribution < -0.4 is 21.2 Å². The molecule has 10 nitrogen and oxygen atoms in total. The number of piperidine rings is 1. The maximum atomic E-state index is 11.7. The van der Waals surface area contributed by atoms with Gasteiger partial charge in [-0.05, 0) is 38.3 Å². The van der Waals surface area contributed by atoms with E-state index in [-0.39, 0.29) is 18.0 Å². The number of ether oxygens (including phenoxy) is 1. The summed E-state index contributed by atoms with van der Waals surface area (Å²) in [5.74, 6) is 1.65. The Balaban J connectivity index is 1.68. The molecule has 1 aliphatic rings. The average Bonchev–Trinajstić information content (AvgIpc) is 3.34. The highest BCUT2D eigenvalue weighted by Gasteiger charge is 2.26. The molecule has 1 aromatic carbocycles. The van der Waals surface area contributed by atoms with Crippen molar-refractivity contribution >= 4 is 34.9 Å². The number of nitrogens with two attached hydrogens (primary N) is 2. The predicted octanol–water partition coefficient (Wildman–Crippen LogP) is 2.82. The van der Waals surface area contributed by atoms with Gasteiger partial charge in [0, 0.05) is 54.8 Å². The van der Waals surface area contributed by atoms with Crippen LogP contribution in [-0.4, -0.2) is 56.5 Å². The lowest BCUT2D eigenvalue weighted by molar-refractivity contribution is -0.130. The molecule has 2 aromatic heterocycles. The molecule has 37 heavy (non-hydrogen) atoms. The molecule has 1 fully saturated rings. The number of nitrogens with zero attached hydrogens (tertiary/aromatic N) is 5. The molecule has 1 amide bonds. The number of rotatable bonds is 7. The van der Waals surface area contributed by atoms with Crippen molar-refractivity contribution < 1.29 is 14.9 Å². The zero-order chi connectivity index (χ0) is 26.9. The smallest absolute Gasteiger partial charge is 0.219 e. The molecule has 3 aromatic rings. The van der Waals surface area contributed by atoms with Crippen molar-refractivity contribution in [1.82, 2.24) is 24.6 Å². The second-order valence-electron chi connectivity index (χ2n) is 9.46. The molecule has 1 atom stereocenters. The lowest BCUT2D eigenvalue weighted by Crippen LogP contribution is -2.39. The van der Waals surface area contributed by atoms with Crippen molar-refractivity contribution in [3.8, 4) is 16.9 Å². The van der Waals surface area contributed by atoms with Gasteiger partial charge in [-0.15, -0.1) is 0 Å². The number of amides is 1. The highest BCUT2D eigenvalue weighted by molar-refractivity contribution is 6.32. The average molecular weight is 526 g/mol. The van der Waals surface area contributed by atoms with E-state index >= 15 is 0 Å². The van der Waals surface area contributed by atoms with Crippen LogP contribution in [0, 0.1) is 6.92 Å². The van der Waals surface area contributed by atoms with Gasteiger partial charge in [-0.25, -0.2) is 9.97 Å². The van der Waals surface area contributed by atoms with Gasteiger partial charge < -0.3 is 20.7 Å². The maximum Gasteiger partial charge on any atom is 0.219 e. The molecule has 1 saturated heterocycles. The lowest BCUT2D eigenvalue weighted by atomic mass is 9.95. The number of likely N-dealkylation sites (tertiary alicyclic amines) is 1. The van der Waals surface area contributed by atoms with E-state index in [1.165, 1.54) is 6.33 Å². The molecule has 1 aliphatic heterocycles. The lowest BCUT2D eigenvalue weighted by Gasteiger charge is -2.31. The first-order valence-electron chi connectivity index (χ1n) is 12.3.